The molecule has 0 amide bonds. The number of hydrogen-bond donors (Lipinski definition) is 0. The Morgan fingerprint density at radius 1 is 1.67 bits per heavy atom. The Morgan fingerprint density at radius 3 is 2.67 bits per heavy atom. The van der Waals surface area contributed by atoms with Gasteiger partial charge in [-0.2, -0.15) is 10.4 Å². The van der Waals surface area contributed by atoms with E-state index in [-0.39, 0.29) is 18.2 Å². The summed E-state index contributed by atoms with van der Waals surface area (Å²) in [7, 11) is 0. The van der Waals surface area contributed by atoms with Gasteiger partial charge >= 0.3 is 5.69 Å². The molecule has 1 aromatic heterocycles. The largest absolute Gasteiger partial charge is 0.314 e. The monoisotopic (exact) mass is 208 g/mol. The lowest BCUT2D eigenvalue weighted by atomic mass is 10.2. The molecular formula is C9H12N4O2. The van der Waals surface area contributed by atoms with Gasteiger partial charge in [-0.15, -0.1) is 0 Å². The number of nitriles is 1. The Balaban J connectivity index is 3.38. The normalized spacial score (nSPS) is 10.3. The van der Waals surface area contributed by atoms with E-state index in [0.29, 0.717) is 11.4 Å². The van der Waals surface area contributed by atoms with Crippen molar-refractivity contribution in [1.82, 2.24) is 9.78 Å². The highest BCUT2D eigenvalue weighted by atomic mass is 16.6. The summed E-state index contributed by atoms with van der Waals surface area (Å²) in [6.07, 6.45) is 0.00926. The fourth-order valence-electron chi connectivity index (χ4n) is 1.49. The van der Waals surface area contributed by atoms with Crippen LogP contribution in [0.3, 0.4) is 0 Å². The fraction of sp³-hybridized carbons (Fsp3) is 0.556. The van der Waals surface area contributed by atoms with E-state index in [0.717, 1.165) is 0 Å². The third-order valence-electron chi connectivity index (χ3n) is 2.07. The summed E-state index contributed by atoms with van der Waals surface area (Å²) in [6, 6.07) is 1.94. The molecule has 0 unspecified atom stereocenters. The number of hydrogen-bond acceptors (Lipinski definition) is 4. The quantitative estimate of drug-likeness (QED) is 0.559. The predicted octanol–water partition coefficient (Wildman–Crippen LogP) is 1.75. The van der Waals surface area contributed by atoms with Gasteiger partial charge in [-0.1, -0.05) is 0 Å². The highest BCUT2D eigenvalue weighted by molar-refractivity contribution is 5.42. The Morgan fingerprint density at radius 2 is 2.27 bits per heavy atom. The topological polar surface area (TPSA) is 84.8 Å². The van der Waals surface area contributed by atoms with Gasteiger partial charge in [0.2, 0.25) is 0 Å². The summed E-state index contributed by atoms with van der Waals surface area (Å²) in [5.74, 6) is 0. The summed E-state index contributed by atoms with van der Waals surface area (Å²) in [5.41, 5.74) is 0.708. The van der Waals surface area contributed by atoms with E-state index in [2.05, 4.69) is 5.10 Å². The molecule has 0 fully saturated rings. The minimum Gasteiger partial charge on any atom is -0.259 e. The van der Waals surface area contributed by atoms with Crippen molar-refractivity contribution in [1.29, 1.82) is 5.26 Å². The maximum absolute atomic E-state index is 10.8. The van der Waals surface area contributed by atoms with E-state index in [4.69, 9.17) is 5.26 Å². The molecule has 1 rings (SSSR count). The van der Waals surface area contributed by atoms with Crippen LogP contribution in [0.25, 0.3) is 0 Å². The van der Waals surface area contributed by atoms with Crippen molar-refractivity contribution in [3.63, 3.8) is 0 Å². The smallest absolute Gasteiger partial charge is 0.259 e. The highest BCUT2D eigenvalue weighted by Gasteiger charge is 2.25. The van der Waals surface area contributed by atoms with E-state index in [9.17, 15) is 10.1 Å². The number of aryl methyl sites for hydroxylation is 1. The molecule has 6 nitrogen and oxygen atoms in total. The van der Waals surface area contributed by atoms with E-state index >= 15 is 0 Å². The second-order valence-electron chi connectivity index (χ2n) is 3.51. The summed E-state index contributed by atoms with van der Waals surface area (Å²) < 4.78 is 1.54. The average molecular weight is 208 g/mol. The Hall–Kier alpha value is -1.90. The van der Waals surface area contributed by atoms with E-state index < -0.39 is 4.92 Å². The van der Waals surface area contributed by atoms with Gasteiger partial charge < -0.3 is 0 Å². The molecule has 6 heteroatoms. The zero-order valence-electron chi connectivity index (χ0n) is 8.89. The summed E-state index contributed by atoms with van der Waals surface area (Å²) >= 11 is 0. The Kier molecular flexibility index (Phi) is 3.04. The second-order valence-corrected chi connectivity index (χ2v) is 3.51. The first-order chi connectivity index (χ1) is 6.99. The van der Waals surface area contributed by atoms with Gasteiger partial charge in [0.25, 0.3) is 0 Å². The number of nitrogens with zero attached hydrogens (tertiary/aromatic N) is 4. The Bertz CT molecular complexity index is 428. The average Bonchev–Trinajstić information content (AvgIpc) is 2.43. The Labute approximate surface area is 87.3 Å². The third-order valence-corrected chi connectivity index (χ3v) is 2.07. The zero-order valence-corrected chi connectivity index (χ0v) is 8.89. The lowest BCUT2D eigenvalue weighted by molar-refractivity contribution is -0.386. The van der Waals surface area contributed by atoms with Crippen LogP contribution in [-0.4, -0.2) is 14.7 Å². The van der Waals surface area contributed by atoms with Crippen molar-refractivity contribution in [2.45, 2.75) is 33.2 Å². The molecule has 0 spiro atoms. The van der Waals surface area contributed by atoms with Crippen molar-refractivity contribution in [3.8, 4) is 6.07 Å². The standard InChI is InChI=1S/C9H12N4O2/c1-6(2)12-8(4-5-10)9(13(14)15)7(3)11-12/h6H,4H2,1-3H3. The molecule has 0 saturated heterocycles. The van der Waals surface area contributed by atoms with Crippen molar-refractivity contribution >= 4 is 5.69 Å². The molecule has 15 heavy (non-hydrogen) atoms. The van der Waals surface area contributed by atoms with E-state index in [1.165, 1.54) is 4.68 Å². The first-order valence-corrected chi connectivity index (χ1v) is 4.58. The van der Waals surface area contributed by atoms with E-state index in [1.807, 2.05) is 19.9 Å². The first-order valence-electron chi connectivity index (χ1n) is 4.58. The molecular weight excluding hydrogens is 196 g/mol. The lowest BCUT2D eigenvalue weighted by Crippen LogP contribution is -2.08. The van der Waals surface area contributed by atoms with E-state index in [1.54, 1.807) is 6.92 Å². The molecule has 0 aliphatic heterocycles. The predicted molar refractivity (Wildman–Crippen MR) is 53.3 cm³/mol. The molecule has 0 atom stereocenters. The maximum atomic E-state index is 10.8. The maximum Gasteiger partial charge on any atom is 0.314 e. The van der Waals surface area contributed by atoms with Gasteiger partial charge in [0.05, 0.1) is 17.4 Å². The third kappa shape index (κ3) is 1.96. The van der Waals surface area contributed by atoms with Crippen LogP contribution in [0.2, 0.25) is 0 Å². The van der Waals surface area contributed by atoms with Crippen LogP contribution in [0.15, 0.2) is 0 Å². The van der Waals surface area contributed by atoms with Crippen molar-refractivity contribution in [2.24, 2.45) is 0 Å². The van der Waals surface area contributed by atoms with Gasteiger partial charge in [0.1, 0.15) is 11.4 Å². The molecule has 0 aliphatic carbocycles. The molecule has 80 valence electrons. The lowest BCUT2D eigenvalue weighted by Gasteiger charge is -2.07. The zero-order chi connectivity index (χ0) is 11.6. The van der Waals surface area contributed by atoms with Gasteiger partial charge in [0.15, 0.2) is 0 Å². The second kappa shape index (κ2) is 4.09. The van der Waals surface area contributed by atoms with Crippen LogP contribution >= 0.6 is 0 Å². The molecule has 0 aliphatic rings. The van der Waals surface area contributed by atoms with Gasteiger partial charge in [-0.25, -0.2) is 0 Å². The van der Waals surface area contributed by atoms with Gasteiger partial charge in [-0.3, -0.25) is 14.8 Å². The molecule has 0 saturated carbocycles. The van der Waals surface area contributed by atoms with Crippen LogP contribution in [-0.2, 0) is 6.42 Å². The van der Waals surface area contributed by atoms with Crippen LogP contribution in [0.5, 0.6) is 0 Å². The van der Waals surface area contributed by atoms with Crippen LogP contribution < -0.4 is 0 Å². The SMILES string of the molecule is Cc1nn(C(C)C)c(CC#N)c1[N+](=O)[O-]. The van der Waals surface area contributed by atoms with Gasteiger partial charge in [-0.05, 0) is 20.8 Å². The van der Waals surface area contributed by atoms with Crippen molar-refractivity contribution < 1.29 is 4.92 Å². The molecule has 0 bridgehead atoms. The number of nitro groups is 1. The van der Waals surface area contributed by atoms with Crippen LogP contribution in [0.4, 0.5) is 5.69 Å². The summed E-state index contributed by atoms with van der Waals surface area (Å²) in [4.78, 5) is 10.3. The van der Waals surface area contributed by atoms with Crippen molar-refractivity contribution in [3.05, 3.63) is 21.5 Å². The summed E-state index contributed by atoms with van der Waals surface area (Å²) in [5, 5.41) is 23.5. The minimum absolute atomic E-state index is 0.00926. The number of rotatable bonds is 3. The van der Waals surface area contributed by atoms with Gasteiger partial charge in [0, 0.05) is 6.04 Å². The number of aromatic nitrogens is 2. The summed E-state index contributed by atoms with van der Waals surface area (Å²) in [6.45, 7) is 5.33. The van der Waals surface area contributed by atoms with Crippen LogP contribution in [0, 0.1) is 28.4 Å². The first kappa shape index (κ1) is 11.2. The molecule has 1 aromatic rings. The fourth-order valence-corrected chi connectivity index (χ4v) is 1.49. The van der Waals surface area contributed by atoms with Crippen molar-refractivity contribution in [2.75, 3.05) is 0 Å². The molecule has 0 N–H and O–H groups in total. The molecule has 1 heterocycles. The molecule has 0 radical (unpaired) electrons. The molecule has 0 aromatic carbocycles. The highest BCUT2D eigenvalue weighted by Crippen LogP contribution is 2.25. The van der Waals surface area contributed by atoms with Crippen LogP contribution in [0.1, 0.15) is 31.3 Å². The minimum atomic E-state index is -0.478.